The Morgan fingerprint density at radius 1 is 1.17 bits per heavy atom. The molecule has 0 radical (unpaired) electrons. The molecule has 3 nitrogen and oxygen atoms in total. The summed E-state index contributed by atoms with van der Waals surface area (Å²) in [6.07, 6.45) is 0. The summed E-state index contributed by atoms with van der Waals surface area (Å²) in [5.41, 5.74) is 12.3. The van der Waals surface area contributed by atoms with Gasteiger partial charge in [-0.05, 0) is 12.1 Å². The second-order valence-electron chi connectivity index (χ2n) is 2.48. The van der Waals surface area contributed by atoms with Crippen LogP contribution in [-0.4, -0.2) is 5.11 Å². The number of aromatic hydroxyl groups is 1. The molecule has 1 aromatic rings. The zero-order valence-corrected chi connectivity index (χ0v) is 8.13. The van der Waals surface area contributed by atoms with E-state index in [-0.39, 0.29) is 5.75 Å². The van der Waals surface area contributed by atoms with Crippen molar-refractivity contribution < 1.29 is 5.11 Å². The van der Waals surface area contributed by atoms with Gasteiger partial charge >= 0.3 is 0 Å². The molecule has 0 aromatic heterocycles. The highest BCUT2D eigenvalue weighted by atomic mass is 79.9. The van der Waals surface area contributed by atoms with Gasteiger partial charge in [-0.3, -0.25) is 0 Å². The van der Waals surface area contributed by atoms with Crippen LogP contribution in [0.3, 0.4) is 0 Å². The van der Waals surface area contributed by atoms with Crippen LogP contribution >= 0.6 is 15.9 Å². The summed E-state index contributed by atoms with van der Waals surface area (Å²) in [5.74, 6) is 0.211. The predicted octanol–water partition coefficient (Wildman–Crippen LogP) is 1.07. The minimum atomic E-state index is 0.211. The maximum Gasteiger partial charge on any atom is 0.124 e. The Balaban J connectivity index is 3.22. The van der Waals surface area contributed by atoms with E-state index in [1.807, 2.05) is 0 Å². The van der Waals surface area contributed by atoms with Gasteiger partial charge in [-0.25, -0.2) is 0 Å². The zero-order chi connectivity index (χ0) is 9.14. The summed E-state index contributed by atoms with van der Waals surface area (Å²) >= 11 is 3.31. The van der Waals surface area contributed by atoms with Crippen molar-refractivity contribution >= 4 is 15.9 Å². The Kier molecular flexibility index (Phi) is 3.08. The van der Waals surface area contributed by atoms with Crippen molar-refractivity contribution in [2.75, 3.05) is 0 Å². The monoisotopic (exact) mass is 230 g/mol. The van der Waals surface area contributed by atoms with Crippen molar-refractivity contribution in [3.8, 4) is 5.75 Å². The van der Waals surface area contributed by atoms with E-state index in [4.69, 9.17) is 11.5 Å². The number of rotatable bonds is 2. The van der Waals surface area contributed by atoms with Gasteiger partial charge in [0.25, 0.3) is 0 Å². The highest BCUT2D eigenvalue weighted by Gasteiger charge is 2.05. The first-order chi connectivity index (χ1) is 5.69. The van der Waals surface area contributed by atoms with E-state index in [2.05, 4.69) is 15.9 Å². The summed E-state index contributed by atoms with van der Waals surface area (Å²) < 4.78 is 0.890. The lowest BCUT2D eigenvalue weighted by atomic mass is 10.1. The number of nitrogens with two attached hydrogens (primary N) is 2. The van der Waals surface area contributed by atoms with Gasteiger partial charge in [0, 0.05) is 28.7 Å². The van der Waals surface area contributed by atoms with Crippen LogP contribution in [-0.2, 0) is 13.1 Å². The zero-order valence-electron chi connectivity index (χ0n) is 6.55. The Morgan fingerprint density at radius 3 is 1.92 bits per heavy atom. The van der Waals surface area contributed by atoms with Gasteiger partial charge < -0.3 is 16.6 Å². The third kappa shape index (κ3) is 1.77. The summed E-state index contributed by atoms with van der Waals surface area (Å²) in [7, 11) is 0. The van der Waals surface area contributed by atoms with Crippen molar-refractivity contribution in [1.82, 2.24) is 0 Å². The first kappa shape index (κ1) is 9.51. The van der Waals surface area contributed by atoms with E-state index >= 15 is 0 Å². The molecule has 0 atom stereocenters. The standard InChI is InChI=1S/C8H11BrN2O/c9-7-1-5(3-10)8(12)6(2-7)4-11/h1-2,12H,3-4,10-11H2. The third-order valence-corrected chi connectivity index (χ3v) is 2.13. The number of phenols is 1. The minimum absolute atomic E-state index is 0.211. The fraction of sp³-hybridized carbons (Fsp3) is 0.250. The number of benzene rings is 1. The quantitative estimate of drug-likeness (QED) is 0.712. The normalized spacial score (nSPS) is 10.2. The van der Waals surface area contributed by atoms with E-state index in [1.165, 1.54) is 0 Å². The minimum Gasteiger partial charge on any atom is -0.507 e. The molecule has 0 aliphatic rings. The molecular formula is C8H11BrN2O. The molecule has 0 aliphatic heterocycles. The molecule has 0 fully saturated rings. The molecule has 4 heteroatoms. The summed E-state index contributed by atoms with van der Waals surface area (Å²) in [4.78, 5) is 0. The molecule has 12 heavy (non-hydrogen) atoms. The van der Waals surface area contributed by atoms with E-state index in [0.717, 1.165) is 4.47 Å². The molecule has 66 valence electrons. The molecule has 0 spiro atoms. The van der Waals surface area contributed by atoms with Crippen LogP contribution in [0.2, 0.25) is 0 Å². The van der Waals surface area contributed by atoms with Gasteiger partial charge in [0.15, 0.2) is 0 Å². The van der Waals surface area contributed by atoms with E-state index < -0.39 is 0 Å². The largest absolute Gasteiger partial charge is 0.507 e. The number of phenolic OH excluding ortho intramolecular Hbond substituents is 1. The molecular weight excluding hydrogens is 220 g/mol. The number of hydrogen-bond donors (Lipinski definition) is 3. The lowest BCUT2D eigenvalue weighted by molar-refractivity contribution is 0.461. The molecule has 0 saturated heterocycles. The van der Waals surface area contributed by atoms with Gasteiger partial charge in [-0.15, -0.1) is 0 Å². The Labute approximate surface area is 79.5 Å². The van der Waals surface area contributed by atoms with Crippen molar-refractivity contribution in [3.63, 3.8) is 0 Å². The van der Waals surface area contributed by atoms with Gasteiger partial charge in [0.2, 0.25) is 0 Å². The first-order valence-electron chi connectivity index (χ1n) is 3.59. The van der Waals surface area contributed by atoms with Crippen LogP contribution in [0, 0.1) is 0 Å². The average Bonchev–Trinajstić information content (AvgIpc) is 2.08. The van der Waals surface area contributed by atoms with Gasteiger partial charge in [0.05, 0.1) is 0 Å². The highest BCUT2D eigenvalue weighted by molar-refractivity contribution is 9.10. The molecule has 0 amide bonds. The topological polar surface area (TPSA) is 72.3 Å². The van der Waals surface area contributed by atoms with Crippen LogP contribution < -0.4 is 11.5 Å². The van der Waals surface area contributed by atoms with Crippen molar-refractivity contribution in [1.29, 1.82) is 0 Å². The van der Waals surface area contributed by atoms with Gasteiger partial charge in [-0.1, -0.05) is 15.9 Å². The molecule has 1 rings (SSSR count). The van der Waals surface area contributed by atoms with Crippen LogP contribution in [0.15, 0.2) is 16.6 Å². The Bertz CT molecular complexity index is 263. The molecule has 0 saturated carbocycles. The fourth-order valence-electron chi connectivity index (χ4n) is 1.03. The van der Waals surface area contributed by atoms with Crippen LogP contribution in [0.1, 0.15) is 11.1 Å². The van der Waals surface area contributed by atoms with E-state index in [0.29, 0.717) is 24.2 Å². The molecule has 5 N–H and O–H groups in total. The second kappa shape index (κ2) is 3.89. The maximum absolute atomic E-state index is 9.53. The van der Waals surface area contributed by atoms with Crippen molar-refractivity contribution in [3.05, 3.63) is 27.7 Å². The predicted molar refractivity (Wildman–Crippen MR) is 51.6 cm³/mol. The van der Waals surface area contributed by atoms with Gasteiger partial charge in [0.1, 0.15) is 5.75 Å². The molecule has 0 heterocycles. The van der Waals surface area contributed by atoms with E-state index in [9.17, 15) is 5.11 Å². The summed E-state index contributed by atoms with van der Waals surface area (Å²) in [5, 5.41) is 9.53. The highest BCUT2D eigenvalue weighted by Crippen LogP contribution is 2.26. The van der Waals surface area contributed by atoms with Crippen LogP contribution in [0.4, 0.5) is 0 Å². The van der Waals surface area contributed by atoms with Crippen molar-refractivity contribution in [2.24, 2.45) is 11.5 Å². The maximum atomic E-state index is 9.53. The SMILES string of the molecule is NCc1cc(Br)cc(CN)c1O. The average molecular weight is 231 g/mol. The van der Waals surface area contributed by atoms with Crippen molar-refractivity contribution in [2.45, 2.75) is 13.1 Å². The summed E-state index contributed by atoms with van der Waals surface area (Å²) in [6.45, 7) is 0.635. The summed E-state index contributed by atoms with van der Waals surface area (Å²) in [6, 6.07) is 3.57. The fourth-order valence-corrected chi connectivity index (χ4v) is 1.58. The number of halogens is 1. The number of hydrogen-bond acceptors (Lipinski definition) is 3. The molecule has 0 aliphatic carbocycles. The van der Waals surface area contributed by atoms with Gasteiger partial charge in [-0.2, -0.15) is 0 Å². The Morgan fingerprint density at radius 2 is 1.58 bits per heavy atom. The smallest absolute Gasteiger partial charge is 0.124 e. The lowest BCUT2D eigenvalue weighted by Crippen LogP contribution is -2.02. The third-order valence-electron chi connectivity index (χ3n) is 1.67. The first-order valence-corrected chi connectivity index (χ1v) is 4.38. The lowest BCUT2D eigenvalue weighted by Gasteiger charge is -2.07. The van der Waals surface area contributed by atoms with Crippen LogP contribution in [0.25, 0.3) is 0 Å². The molecule has 0 bridgehead atoms. The van der Waals surface area contributed by atoms with Crippen LogP contribution in [0.5, 0.6) is 5.75 Å². The second-order valence-corrected chi connectivity index (χ2v) is 3.40. The van der Waals surface area contributed by atoms with E-state index in [1.54, 1.807) is 12.1 Å². The Hall–Kier alpha value is -0.580. The molecule has 1 aromatic carbocycles. The molecule has 0 unspecified atom stereocenters.